The van der Waals surface area contributed by atoms with Gasteiger partial charge in [-0.15, -0.1) is 0 Å². The van der Waals surface area contributed by atoms with Gasteiger partial charge < -0.3 is 30.7 Å². The van der Waals surface area contributed by atoms with Crippen molar-refractivity contribution in [3.63, 3.8) is 0 Å². The van der Waals surface area contributed by atoms with E-state index in [2.05, 4.69) is 57.7 Å². The fourth-order valence-corrected chi connectivity index (χ4v) is 8.65. The zero-order chi connectivity index (χ0) is 41.3. The van der Waals surface area contributed by atoms with Crippen LogP contribution in [-0.4, -0.2) is 99.6 Å². The zero-order valence-corrected chi connectivity index (χ0v) is 33.9. The van der Waals surface area contributed by atoms with Gasteiger partial charge in [0.05, 0.1) is 23.5 Å². The summed E-state index contributed by atoms with van der Waals surface area (Å²) < 4.78 is 69.5. The molecule has 1 atom stereocenters. The van der Waals surface area contributed by atoms with Gasteiger partial charge in [0.2, 0.25) is 11.9 Å². The summed E-state index contributed by atoms with van der Waals surface area (Å²) in [6.07, 6.45) is 2.45. The zero-order valence-electron chi connectivity index (χ0n) is 33.9. The Kier molecular flexibility index (Phi) is 11.9. The van der Waals surface area contributed by atoms with Crippen LogP contribution in [0.3, 0.4) is 0 Å². The lowest BCUT2D eigenvalue weighted by Crippen LogP contribution is -2.34. The van der Waals surface area contributed by atoms with E-state index in [0.29, 0.717) is 35.8 Å². The van der Waals surface area contributed by atoms with Crippen molar-refractivity contribution in [3.8, 4) is 0 Å². The third-order valence-electron chi connectivity index (χ3n) is 12.1. The molecule has 0 spiro atoms. The number of likely N-dealkylation sites (tertiary alicyclic amines) is 1. The largest absolute Gasteiger partial charge is 0.416 e. The molecule has 0 amide bonds. The van der Waals surface area contributed by atoms with Crippen LogP contribution in [0.25, 0.3) is 0 Å². The minimum absolute atomic E-state index is 0.0130. The summed E-state index contributed by atoms with van der Waals surface area (Å²) in [5.41, 5.74) is 2.88. The van der Waals surface area contributed by atoms with Gasteiger partial charge in [-0.3, -0.25) is 0 Å². The number of hydrogen-bond donors (Lipinski definition) is 3. The van der Waals surface area contributed by atoms with Crippen molar-refractivity contribution < 1.29 is 22.0 Å². The van der Waals surface area contributed by atoms with Gasteiger partial charge in [0.15, 0.2) is 0 Å². The lowest BCUT2D eigenvalue weighted by atomic mass is 9.93. The quantitative estimate of drug-likeness (QED) is 0.127. The second kappa shape index (κ2) is 17.1. The molecule has 4 fully saturated rings. The highest BCUT2D eigenvalue weighted by atomic mass is 19.4. The van der Waals surface area contributed by atoms with E-state index in [4.69, 9.17) is 24.9 Å². The van der Waals surface area contributed by atoms with E-state index < -0.39 is 24.2 Å². The molecule has 17 heteroatoms. The molecule has 0 radical (unpaired) electrons. The van der Waals surface area contributed by atoms with Gasteiger partial charge in [0.1, 0.15) is 23.3 Å². The van der Waals surface area contributed by atoms with E-state index in [1.807, 2.05) is 18.2 Å². The number of nitrogens with one attached hydrogen (secondary N) is 3. The van der Waals surface area contributed by atoms with Gasteiger partial charge in [-0.25, -0.2) is 28.7 Å². The van der Waals surface area contributed by atoms with Crippen LogP contribution in [0.4, 0.5) is 57.1 Å². The highest BCUT2D eigenvalue weighted by Gasteiger charge is 2.40. The molecule has 8 rings (SSSR count). The fourth-order valence-electron chi connectivity index (χ4n) is 8.65. The van der Waals surface area contributed by atoms with E-state index in [-0.39, 0.29) is 42.6 Å². The Morgan fingerprint density at radius 1 is 0.780 bits per heavy atom. The minimum Gasteiger partial charge on any atom is -0.337 e. The summed E-state index contributed by atoms with van der Waals surface area (Å²) >= 11 is 0. The molecule has 0 saturated carbocycles. The number of alkyl halides is 5. The number of halogens is 5. The number of aromatic nitrogens is 6. The Labute approximate surface area is 341 Å². The Morgan fingerprint density at radius 2 is 1.44 bits per heavy atom. The average molecular weight is 821 g/mol. The molecule has 1 unspecified atom stereocenters. The van der Waals surface area contributed by atoms with Crippen LogP contribution >= 0.6 is 0 Å². The van der Waals surface area contributed by atoms with Gasteiger partial charge in [0, 0.05) is 67.8 Å². The van der Waals surface area contributed by atoms with Crippen molar-refractivity contribution in [2.24, 2.45) is 0 Å². The molecule has 4 aliphatic heterocycles. The van der Waals surface area contributed by atoms with Gasteiger partial charge in [-0.2, -0.15) is 23.1 Å². The topological polar surface area (TPSA) is 123 Å². The number of pyridine rings is 2. The first kappa shape index (κ1) is 41.0. The fraction of sp³-hybridized carbons (Fsp3) is 0.571. The molecule has 0 aromatic carbocycles. The summed E-state index contributed by atoms with van der Waals surface area (Å²) in [5, 5.41) is 9.90. The van der Waals surface area contributed by atoms with Gasteiger partial charge in [-0.05, 0) is 107 Å². The first-order valence-electron chi connectivity index (χ1n) is 20.9. The number of nitrogens with zero attached hydrogens (tertiary/aromatic N) is 9. The molecular weight excluding hydrogens is 768 g/mol. The molecule has 3 N–H and O–H groups in total. The molecule has 0 bridgehead atoms. The van der Waals surface area contributed by atoms with Crippen molar-refractivity contribution in [1.29, 1.82) is 0 Å². The lowest BCUT2D eigenvalue weighted by molar-refractivity contribution is -0.137. The van der Waals surface area contributed by atoms with Crippen LogP contribution in [0.5, 0.6) is 0 Å². The van der Waals surface area contributed by atoms with Crippen LogP contribution in [0.2, 0.25) is 0 Å². The summed E-state index contributed by atoms with van der Waals surface area (Å²) in [4.78, 5) is 34.9. The highest BCUT2D eigenvalue weighted by Crippen LogP contribution is 2.36. The maximum absolute atomic E-state index is 14.3. The predicted molar refractivity (Wildman–Crippen MR) is 218 cm³/mol. The smallest absolute Gasteiger partial charge is 0.337 e. The Balaban J connectivity index is 1.08. The first-order valence-corrected chi connectivity index (χ1v) is 20.9. The molecular formula is C42H53F5N12. The van der Waals surface area contributed by atoms with E-state index in [9.17, 15) is 22.0 Å². The molecule has 316 valence electrons. The third kappa shape index (κ3) is 9.99. The van der Waals surface area contributed by atoms with Crippen molar-refractivity contribution in [3.05, 3.63) is 70.8 Å². The Hall–Kier alpha value is -4.77. The molecule has 4 aromatic rings. The van der Waals surface area contributed by atoms with E-state index in [0.717, 1.165) is 112 Å². The van der Waals surface area contributed by atoms with Crippen LogP contribution in [0.15, 0.2) is 42.6 Å². The van der Waals surface area contributed by atoms with Crippen molar-refractivity contribution in [2.45, 2.75) is 101 Å². The second-order valence-electron chi connectivity index (χ2n) is 16.9. The van der Waals surface area contributed by atoms with Crippen molar-refractivity contribution in [1.82, 2.24) is 40.1 Å². The van der Waals surface area contributed by atoms with E-state index in [1.54, 1.807) is 4.90 Å². The van der Waals surface area contributed by atoms with E-state index in [1.165, 1.54) is 0 Å². The number of anilines is 6. The van der Waals surface area contributed by atoms with Crippen LogP contribution in [0.1, 0.15) is 105 Å². The monoisotopic (exact) mass is 820 g/mol. The molecule has 59 heavy (non-hydrogen) atoms. The summed E-state index contributed by atoms with van der Waals surface area (Å²) in [5.74, 6) is 0.226. The first-order chi connectivity index (χ1) is 28.2. The van der Waals surface area contributed by atoms with Crippen molar-refractivity contribution >= 4 is 35.2 Å². The molecule has 8 heterocycles. The Morgan fingerprint density at radius 3 is 2.12 bits per heavy atom. The lowest BCUT2D eigenvalue weighted by Gasteiger charge is -2.30. The molecule has 12 nitrogen and oxygen atoms in total. The van der Waals surface area contributed by atoms with Crippen molar-refractivity contribution in [2.75, 3.05) is 73.3 Å². The third-order valence-corrected chi connectivity index (χ3v) is 12.1. The summed E-state index contributed by atoms with van der Waals surface area (Å²) in [6.45, 7) is 8.35. The number of piperidine rings is 2. The maximum Gasteiger partial charge on any atom is 0.416 e. The number of hydrogen-bond acceptors (Lipinski definition) is 12. The highest BCUT2D eigenvalue weighted by molar-refractivity contribution is 5.58. The maximum atomic E-state index is 14.3. The summed E-state index contributed by atoms with van der Waals surface area (Å²) in [7, 11) is 2.10. The second-order valence-corrected chi connectivity index (χ2v) is 16.9. The molecule has 4 saturated heterocycles. The minimum atomic E-state index is -4.50. The van der Waals surface area contributed by atoms with Crippen LogP contribution in [0, 0.1) is 0 Å². The SMILES string of the molecule is CC(C)c1cc(CC2CCCN2c2nc(Nc3cc(C(F)(F)F)ccn3)cc(C3CCN(C)CC3)n2)nc(Nc2cc(C3CCNCC3)nc(N3CCC(F)(F)C3)n2)c1. The molecule has 4 aromatic heterocycles. The van der Waals surface area contributed by atoms with Gasteiger partial charge >= 0.3 is 6.18 Å². The molecule has 0 aliphatic carbocycles. The van der Waals surface area contributed by atoms with Gasteiger partial charge in [-0.1, -0.05) is 13.8 Å². The van der Waals surface area contributed by atoms with E-state index >= 15 is 0 Å². The standard InChI is InChI=1S/C42H53F5N12/c1-26(2)29-19-31(50-36(20-29)54-38-23-33(27-6-12-48-13-7-27)51-39(55-38)58-18-11-41(43,44)25-58)22-32-5-4-15-59(32)40-52-34(28-9-16-57(3)17-10-28)24-37(56-40)53-35-21-30(8-14-49-35)42(45,46)47/h8,14,19-21,23-24,26-28,32,48H,4-7,9-13,15-18,22,25H2,1-3H3,(H,49,52,53,56)(H,50,51,54,55). The predicted octanol–water partition coefficient (Wildman–Crippen LogP) is 8.02. The normalized spacial score (nSPS) is 20.8. The van der Waals surface area contributed by atoms with Crippen LogP contribution < -0.4 is 25.8 Å². The summed E-state index contributed by atoms with van der Waals surface area (Å²) in [6, 6.07) is 9.90. The molecule has 4 aliphatic rings. The van der Waals surface area contributed by atoms with Crippen LogP contribution in [-0.2, 0) is 12.6 Å². The Bertz CT molecular complexity index is 2080. The number of rotatable bonds is 11. The average Bonchev–Trinajstić information content (AvgIpc) is 3.83. The van der Waals surface area contributed by atoms with Gasteiger partial charge in [0.25, 0.3) is 5.92 Å².